The molecule has 14 heavy (non-hydrogen) atoms. The van der Waals surface area contributed by atoms with Crippen molar-refractivity contribution in [3.05, 3.63) is 0 Å². The molecule has 86 valence electrons. The normalized spacial score (nSPS) is 14.4. The fourth-order valence-electron chi connectivity index (χ4n) is 0.551. The second-order valence-electron chi connectivity index (χ2n) is 4.17. The summed E-state index contributed by atoms with van der Waals surface area (Å²) in [5, 5.41) is -4.24. The monoisotopic (exact) mass is 232 g/mol. The van der Waals surface area contributed by atoms with Crippen LogP contribution in [-0.2, 0) is 14.9 Å². The zero-order chi connectivity index (χ0) is 11.6. The molecule has 0 saturated carbocycles. The molecule has 0 aliphatic rings. The van der Waals surface area contributed by atoms with E-state index in [0.717, 1.165) is 0 Å². The third kappa shape index (κ3) is 4.83. The van der Waals surface area contributed by atoms with E-state index in [1.807, 2.05) is 0 Å². The van der Waals surface area contributed by atoms with Gasteiger partial charge in [0.2, 0.25) is 0 Å². The van der Waals surface area contributed by atoms with Crippen LogP contribution in [0, 0.1) is 5.41 Å². The Hall–Kier alpha value is -0.270. The molecule has 0 aromatic carbocycles. The molecule has 1 N–H and O–H groups in total. The third-order valence-electron chi connectivity index (χ3n) is 1.18. The fourth-order valence-corrected chi connectivity index (χ4v) is 0.783. The highest BCUT2D eigenvalue weighted by Crippen LogP contribution is 2.22. The molecular weight excluding hydrogens is 218 g/mol. The van der Waals surface area contributed by atoms with Crippen LogP contribution in [0.5, 0.6) is 0 Å². The van der Waals surface area contributed by atoms with Crippen LogP contribution in [0.2, 0.25) is 0 Å². The predicted octanol–water partition coefficient (Wildman–Crippen LogP) is 1.53. The van der Waals surface area contributed by atoms with E-state index in [2.05, 4.69) is 4.74 Å². The predicted molar refractivity (Wildman–Crippen MR) is 46.8 cm³/mol. The maximum atomic E-state index is 12.5. The number of alkyl halides is 2. The number of halogens is 2. The first-order chi connectivity index (χ1) is 5.96. The number of ether oxygens (including phenoxy) is 1. The Morgan fingerprint density at radius 3 is 1.93 bits per heavy atom. The highest BCUT2D eigenvalue weighted by atomic mass is 32.2. The smallest absolute Gasteiger partial charge is 0.373 e. The number of hydrogen-bond donors (Lipinski definition) is 1. The summed E-state index contributed by atoms with van der Waals surface area (Å²) >= 11 is 0. The molecule has 0 unspecified atom stereocenters. The van der Waals surface area contributed by atoms with E-state index in [1.165, 1.54) is 0 Å². The van der Waals surface area contributed by atoms with E-state index >= 15 is 0 Å². The summed E-state index contributed by atoms with van der Waals surface area (Å²) in [5.41, 5.74) is -0.338. The summed E-state index contributed by atoms with van der Waals surface area (Å²) in [6, 6.07) is 0. The average molecular weight is 232 g/mol. The lowest BCUT2D eigenvalue weighted by Crippen LogP contribution is -2.34. The van der Waals surface area contributed by atoms with Gasteiger partial charge in [0.1, 0.15) is 6.61 Å². The Balaban J connectivity index is 4.16. The van der Waals surface area contributed by atoms with Gasteiger partial charge in [-0.3, -0.25) is 4.55 Å². The van der Waals surface area contributed by atoms with Gasteiger partial charge in [-0.05, 0) is 5.41 Å². The lowest BCUT2D eigenvalue weighted by Gasteiger charge is -2.20. The Morgan fingerprint density at radius 1 is 1.21 bits per heavy atom. The summed E-state index contributed by atoms with van der Waals surface area (Å²) in [5.74, 6) is 0. The first kappa shape index (κ1) is 13.7. The van der Waals surface area contributed by atoms with Crippen LogP contribution in [0.3, 0.4) is 0 Å². The summed E-state index contributed by atoms with van der Waals surface area (Å²) in [7, 11) is -5.38. The minimum absolute atomic E-state index is 0.0158. The van der Waals surface area contributed by atoms with Crippen molar-refractivity contribution in [2.45, 2.75) is 26.0 Å². The molecule has 0 atom stereocenters. The number of hydrogen-bond acceptors (Lipinski definition) is 3. The summed E-state index contributed by atoms with van der Waals surface area (Å²) in [4.78, 5) is 0. The second-order valence-corrected chi connectivity index (χ2v) is 5.71. The van der Waals surface area contributed by atoms with Crippen molar-refractivity contribution in [1.82, 2.24) is 0 Å². The standard InChI is InChI=1S/C7H14F2O4S/c1-6(2,3)4-13-5-7(8,9)14(10,11)12/h4-5H2,1-3H3,(H,10,11,12). The van der Waals surface area contributed by atoms with Crippen molar-refractivity contribution in [2.75, 3.05) is 13.2 Å². The highest BCUT2D eigenvalue weighted by Gasteiger charge is 2.44. The fraction of sp³-hybridized carbons (Fsp3) is 1.00. The molecule has 0 radical (unpaired) electrons. The Morgan fingerprint density at radius 2 is 1.64 bits per heavy atom. The van der Waals surface area contributed by atoms with Gasteiger partial charge in [-0.2, -0.15) is 17.2 Å². The Bertz CT molecular complexity index is 279. The largest absolute Gasteiger partial charge is 0.392 e. The molecule has 0 aliphatic heterocycles. The minimum Gasteiger partial charge on any atom is -0.373 e. The van der Waals surface area contributed by atoms with E-state index in [9.17, 15) is 17.2 Å². The van der Waals surface area contributed by atoms with Crippen LogP contribution in [0.15, 0.2) is 0 Å². The van der Waals surface area contributed by atoms with E-state index in [-0.39, 0.29) is 12.0 Å². The van der Waals surface area contributed by atoms with Crippen LogP contribution in [0.25, 0.3) is 0 Å². The molecule has 7 heteroatoms. The molecule has 0 heterocycles. The van der Waals surface area contributed by atoms with Gasteiger partial charge >= 0.3 is 15.4 Å². The van der Waals surface area contributed by atoms with Gasteiger partial charge < -0.3 is 4.74 Å². The average Bonchev–Trinajstić information content (AvgIpc) is 1.80. The molecule has 0 aromatic rings. The van der Waals surface area contributed by atoms with E-state index in [1.54, 1.807) is 20.8 Å². The SMILES string of the molecule is CC(C)(C)COCC(F)(F)S(=O)(=O)O. The van der Waals surface area contributed by atoms with Gasteiger partial charge in [-0.1, -0.05) is 20.8 Å². The highest BCUT2D eigenvalue weighted by molar-refractivity contribution is 7.86. The molecule has 0 fully saturated rings. The van der Waals surface area contributed by atoms with Gasteiger partial charge in [0.25, 0.3) is 0 Å². The minimum atomic E-state index is -5.38. The molecule has 0 rings (SSSR count). The quantitative estimate of drug-likeness (QED) is 0.746. The van der Waals surface area contributed by atoms with Crippen molar-refractivity contribution in [2.24, 2.45) is 5.41 Å². The first-order valence-corrected chi connectivity index (χ1v) is 5.32. The van der Waals surface area contributed by atoms with Gasteiger partial charge in [0.15, 0.2) is 0 Å². The zero-order valence-electron chi connectivity index (χ0n) is 8.25. The van der Waals surface area contributed by atoms with Crippen LogP contribution in [0.4, 0.5) is 8.78 Å². The van der Waals surface area contributed by atoms with Crippen molar-refractivity contribution in [1.29, 1.82) is 0 Å². The molecule has 0 saturated heterocycles. The van der Waals surface area contributed by atoms with Crippen LogP contribution < -0.4 is 0 Å². The van der Waals surface area contributed by atoms with Crippen molar-refractivity contribution in [3.8, 4) is 0 Å². The molecular formula is C7H14F2O4S. The molecule has 0 bridgehead atoms. The van der Waals surface area contributed by atoms with Gasteiger partial charge in [0.05, 0.1) is 6.61 Å². The van der Waals surface area contributed by atoms with E-state index < -0.39 is 22.0 Å². The van der Waals surface area contributed by atoms with Crippen molar-refractivity contribution >= 4 is 10.1 Å². The van der Waals surface area contributed by atoms with Crippen molar-refractivity contribution in [3.63, 3.8) is 0 Å². The van der Waals surface area contributed by atoms with E-state index in [4.69, 9.17) is 4.55 Å². The van der Waals surface area contributed by atoms with Crippen molar-refractivity contribution < 1.29 is 26.5 Å². The topological polar surface area (TPSA) is 63.6 Å². The maximum absolute atomic E-state index is 12.5. The van der Waals surface area contributed by atoms with Crippen LogP contribution >= 0.6 is 0 Å². The molecule has 4 nitrogen and oxygen atoms in total. The molecule has 0 aliphatic carbocycles. The van der Waals surface area contributed by atoms with Gasteiger partial charge in [0, 0.05) is 0 Å². The third-order valence-corrected chi connectivity index (χ3v) is 2.06. The summed E-state index contributed by atoms with van der Waals surface area (Å²) in [6.45, 7) is 3.90. The van der Waals surface area contributed by atoms with Gasteiger partial charge in [-0.25, -0.2) is 0 Å². The number of rotatable bonds is 4. The first-order valence-electron chi connectivity index (χ1n) is 3.88. The van der Waals surface area contributed by atoms with Crippen LogP contribution in [0.1, 0.15) is 20.8 Å². The Kier molecular flexibility index (Phi) is 4.00. The molecule has 0 aromatic heterocycles. The Labute approximate surface area is 82.0 Å². The van der Waals surface area contributed by atoms with Crippen LogP contribution in [-0.4, -0.2) is 31.4 Å². The molecule has 0 spiro atoms. The van der Waals surface area contributed by atoms with Gasteiger partial charge in [-0.15, -0.1) is 0 Å². The van der Waals surface area contributed by atoms with E-state index in [0.29, 0.717) is 0 Å². The lowest BCUT2D eigenvalue weighted by atomic mass is 9.99. The lowest BCUT2D eigenvalue weighted by molar-refractivity contribution is -0.0390. The second kappa shape index (κ2) is 4.08. The summed E-state index contributed by atoms with van der Waals surface area (Å²) in [6.07, 6.45) is 0. The zero-order valence-corrected chi connectivity index (χ0v) is 9.07. The summed E-state index contributed by atoms with van der Waals surface area (Å²) < 4.78 is 58.0. The maximum Gasteiger partial charge on any atom is 0.392 e. The molecule has 0 amide bonds.